The number of nitrogen functional groups attached to an aromatic ring is 1. The minimum Gasteiger partial charge on any atom is -0.468 e. The molecule has 0 saturated heterocycles. The van der Waals surface area contributed by atoms with Gasteiger partial charge in [-0.25, -0.2) is 13.1 Å². The number of nitrogens with one attached hydrogen (secondary N) is 1. The average Bonchev–Trinajstić information content (AvgIpc) is 2.63. The molecule has 3 N–H and O–H groups in total. The Bertz CT molecular complexity index is 481. The summed E-state index contributed by atoms with van der Waals surface area (Å²) in [7, 11) is -2.52. The van der Waals surface area contributed by atoms with Gasteiger partial charge in [-0.05, 0) is 0 Å². The van der Waals surface area contributed by atoms with Crippen LogP contribution in [0, 0.1) is 0 Å². The maximum atomic E-state index is 11.3. The molecule has 0 unspecified atom stereocenters. The third-order valence-electron chi connectivity index (χ3n) is 1.85. The Labute approximate surface area is 98.8 Å². The smallest absolute Gasteiger partial charge is 0.322 e. The van der Waals surface area contributed by atoms with E-state index in [0.29, 0.717) is 12.2 Å². The van der Waals surface area contributed by atoms with Crippen LogP contribution >= 0.6 is 0 Å². The molecule has 1 aromatic heterocycles. The van der Waals surface area contributed by atoms with Crippen LogP contribution < -0.4 is 10.5 Å². The summed E-state index contributed by atoms with van der Waals surface area (Å²) in [5, 5.41) is 3.88. The summed E-state index contributed by atoms with van der Waals surface area (Å²) >= 11 is 0. The highest BCUT2D eigenvalue weighted by atomic mass is 32.2. The monoisotopic (exact) mass is 262 g/mol. The summed E-state index contributed by atoms with van der Waals surface area (Å²) in [5.41, 5.74) is 5.94. The van der Waals surface area contributed by atoms with Crippen LogP contribution in [-0.4, -0.2) is 43.6 Å². The van der Waals surface area contributed by atoms with Gasteiger partial charge >= 0.3 is 5.97 Å². The number of sulfonamides is 1. The molecule has 9 heteroatoms. The maximum Gasteiger partial charge on any atom is 0.322 e. The molecule has 1 heterocycles. The lowest BCUT2D eigenvalue weighted by Crippen LogP contribution is -2.32. The number of nitrogens with two attached hydrogens (primary N) is 1. The van der Waals surface area contributed by atoms with Crippen molar-refractivity contribution < 1.29 is 17.9 Å². The lowest BCUT2D eigenvalue weighted by Gasteiger charge is -2.05. The zero-order valence-electron chi connectivity index (χ0n) is 9.29. The van der Waals surface area contributed by atoms with Gasteiger partial charge in [-0.15, -0.1) is 0 Å². The normalized spacial score (nSPS) is 11.4. The van der Waals surface area contributed by atoms with Crippen molar-refractivity contribution >= 4 is 21.7 Å². The van der Waals surface area contributed by atoms with Gasteiger partial charge in [-0.2, -0.15) is 5.10 Å². The Morgan fingerprint density at radius 1 is 1.65 bits per heavy atom. The van der Waals surface area contributed by atoms with Gasteiger partial charge < -0.3 is 10.5 Å². The van der Waals surface area contributed by atoms with Crippen LogP contribution in [0.2, 0.25) is 0 Å². The zero-order chi connectivity index (χ0) is 12.9. The molecule has 0 aliphatic heterocycles. The highest BCUT2D eigenvalue weighted by Crippen LogP contribution is 1.96. The van der Waals surface area contributed by atoms with Crippen LogP contribution in [0.1, 0.15) is 0 Å². The summed E-state index contributed by atoms with van der Waals surface area (Å²) in [6.07, 6.45) is 3.04. The number of carbonyl (C=O) groups is 1. The number of aromatic nitrogens is 2. The van der Waals surface area contributed by atoms with Gasteiger partial charge in [0, 0.05) is 12.7 Å². The van der Waals surface area contributed by atoms with Crippen molar-refractivity contribution in [2.24, 2.45) is 0 Å². The van der Waals surface area contributed by atoms with Gasteiger partial charge in [0.15, 0.2) is 5.75 Å². The van der Waals surface area contributed by atoms with E-state index in [4.69, 9.17) is 5.73 Å². The van der Waals surface area contributed by atoms with E-state index in [1.54, 1.807) is 6.20 Å². The van der Waals surface area contributed by atoms with Crippen LogP contribution in [0.3, 0.4) is 0 Å². The second-order valence-electron chi connectivity index (χ2n) is 3.27. The van der Waals surface area contributed by atoms with Crippen LogP contribution in [0.4, 0.5) is 5.69 Å². The van der Waals surface area contributed by atoms with Gasteiger partial charge in [0.25, 0.3) is 0 Å². The number of ether oxygens (including phenoxy) is 1. The van der Waals surface area contributed by atoms with Crippen molar-refractivity contribution in [3.05, 3.63) is 12.4 Å². The van der Waals surface area contributed by atoms with Crippen LogP contribution in [0.15, 0.2) is 12.4 Å². The second kappa shape index (κ2) is 5.64. The summed E-state index contributed by atoms with van der Waals surface area (Å²) in [6.45, 7) is 0.456. The first-order chi connectivity index (χ1) is 7.93. The number of methoxy groups -OCH3 is 1. The Morgan fingerprint density at radius 3 is 2.88 bits per heavy atom. The first-order valence-corrected chi connectivity index (χ1v) is 6.40. The highest BCUT2D eigenvalue weighted by Gasteiger charge is 2.15. The van der Waals surface area contributed by atoms with Crippen molar-refractivity contribution in [1.29, 1.82) is 0 Å². The largest absolute Gasteiger partial charge is 0.468 e. The predicted molar refractivity (Wildman–Crippen MR) is 60.4 cm³/mol. The van der Waals surface area contributed by atoms with Crippen molar-refractivity contribution in [2.45, 2.75) is 6.54 Å². The molecule has 1 aromatic rings. The predicted octanol–water partition coefficient (Wildman–Crippen LogP) is -1.44. The quantitative estimate of drug-likeness (QED) is 0.606. The molecular formula is C8H14N4O4S. The molecular weight excluding hydrogens is 248 g/mol. The van der Waals surface area contributed by atoms with E-state index < -0.39 is 21.7 Å². The first-order valence-electron chi connectivity index (χ1n) is 4.75. The first kappa shape index (κ1) is 13.5. The molecule has 0 aliphatic carbocycles. The van der Waals surface area contributed by atoms with Gasteiger partial charge in [-0.3, -0.25) is 9.48 Å². The van der Waals surface area contributed by atoms with E-state index in [2.05, 4.69) is 14.6 Å². The second-order valence-corrected chi connectivity index (χ2v) is 5.07. The molecule has 17 heavy (non-hydrogen) atoms. The topological polar surface area (TPSA) is 116 Å². The van der Waals surface area contributed by atoms with Crippen LogP contribution in [-0.2, 0) is 26.1 Å². The third kappa shape index (κ3) is 4.83. The molecule has 0 atom stereocenters. The summed E-state index contributed by atoms with van der Waals surface area (Å²) in [6, 6.07) is 0. The zero-order valence-corrected chi connectivity index (χ0v) is 10.1. The maximum absolute atomic E-state index is 11.3. The number of esters is 1. The minimum atomic E-state index is -3.65. The van der Waals surface area contributed by atoms with Gasteiger partial charge in [0.2, 0.25) is 10.0 Å². The SMILES string of the molecule is COC(=O)CS(=O)(=O)NCCn1cc(N)cn1. The molecule has 0 fully saturated rings. The third-order valence-corrected chi connectivity index (χ3v) is 3.11. The lowest BCUT2D eigenvalue weighted by molar-refractivity contribution is -0.137. The molecule has 0 aromatic carbocycles. The summed E-state index contributed by atoms with van der Waals surface area (Å²) < 4.78 is 30.7. The summed E-state index contributed by atoms with van der Waals surface area (Å²) in [5.74, 6) is -1.49. The molecule has 0 aliphatic rings. The van der Waals surface area contributed by atoms with E-state index in [1.807, 2.05) is 0 Å². The number of hydrogen-bond donors (Lipinski definition) is 2. The molecule has 8 nitrogen and oxygen atoms in total. The Balaban J connectivity index is 2.37. The van der Waals surface area contributed by atoms with Crippen LogP contribution in [0.25, 0.3) is 0 Å². The molecule has 0 radical (unpaired) electrons. The van der Waals surface area contributed by atoms with Gasteiger partial charge in [-0.1, -0.05) is 0 Å². The van der Waals surface area contributed by atoms with Crippen LogP contribution in [0.5, 0.6) is 0 Å². The number of carbonyl (C=O) groups excluding carboxylic acids is 1. The van der Waals surface area contributed by atoms with Crippen molar-refractivity contribution in [3.8, 4) is 0 Å². The Kier molecular flexibility index (Phi) is 4.46. The summed E-state index contributed by atoms with van der Waals surface area (Å²) in [4.78, 5) is 10.8. The number of nitrogens with zero attached hydrogens (tertiary/aromatic N) is 2. The number of hydrogen-bond acceptors (Lipinski definition) is 6. The van der Waals surface area contributed by atoms with E-state index in [-0.39, 0.29) is 6.54 Å². The lowest BCUT2D eigenvalue weighted by atomic mass is 10.6. The fourth-order valence-electron chi connectivity index (χ4n) is 1.08. The number of anilines is 1. The fourth-order valence-corrected chi connectivity index (χ4v) is 2.02. The number of rotatable bonds is 6. The van der Waals surface area contributed by atoms with E-state index in [0.717, 1.165) is 7.11 Å². The van der Waals surface area contributed by atoms with Gasteiger partial charge in [0.1, 0.15) is 0 Å². The highest BCUT2D eigenvalue weighted by molar-refractivity contribution is 7.90. The molecule has 1 rings (SSSR count). The Morgan fingerprint density at radius 2 is 2.35 bits per heavy atom. The molecule has 0 bridgehead atoms. The average molecular weight is 262 g/mol. The Hall–Kier alpha value is -1.61. The van der Waals surface area contributed by atoms with Gasteiger partial charge in [0.05, 0.1) is 25.5 Å². The fraction of sp³-hybridized carbons (Fsp3) is 0.500. The van der Waals surface area contributed by atoms with E-state index in [9.17, 15) is 13.2 Å². The molecule has 0 spiro atoms. The van der Waals surface area contributed by atoms with E-state index >= 15 is 0 Å². The molecule has 96 valence electrons. The van der Waals surface area contributed by atoms with Crippen molar-refractivity contribution in [1.82, 2.24) is 14.5 Å². The minimum absolute atomic E-state index is 0.125. The van der Waals surface area contributed by atoms with E-state index in [1.165, 1.54) is 10.9 Å². The van der Waals surface area contributed by atoms with Crippen molar-refractivity contribution in [3.63, 3.8) is 0 Å². The van der Waals surface area contributed by atoms with Crippen molar-refractivity contribution in [2.75, 3.05) is 25.1 Å². The molecule has 0 saturated carbocycles. The standard InChI is InChI=1S/C8H14N4O4S/c1-16-8(13)6-17(14,15)11-2-3-12-5-7(9)4-10-12/h4-5,11H,2-3,6,9H2,1H3. The molecule has 0 amide bonds.